The van der Waals surface area contributed by atoms with E-state index < -0.39 is 17.8 Å². The number of carbonyl (C=O) groups is 1. The zero-order chi connectivity index (χ0) is 24.3. The van der Waals surface area contributed by atoms with Gasteiger partial charge >= 0.3 is 6.18 Å². The summed E-state index contributed by atoms with van der Waals surface area (Å²) in [5.74, 6) is 0.478. The van der Waals surface area contributed by atoms with Gasteiger partial charge in [0.25, 0.3) is 5.91 Å². The molecule has 1 heterocycles. The Bertz CT molecular complexity index is 1300. The Kier molecular flexibility index (Phi) is 6.27. The number of nitrogens with zero attached hydrogens (tertiary/aromatic N) is 2. The van der Waals surface area contributed by atoms with Crippen molar-refractivity contribution in [2.45, 2.75) is 6.18 Å². The minimum Gasteiger partial charge on any atom is -0.493 e. The van der Waals surface area contributed by atoms with Gasteiger partial charge in [0.15, 0.2) is 11.5 Å². The summed E-state index contributed by atoms with van der Waals surface area (Å²) in [5.41, 5.74) is 0.838. The van der Waals surface area contributed by atoms with Gasteiger partial charge in [-0.15, -0.1) is 0 Å². The zero-order valence-corrected chi connectivity index (χ0v) is 18.3. The van der Waals surface area contributed by atoms with Crippen LogP contribution < -0.4 is 14.8 Å². The molecule has 1 amide bonds. The first-order valence-electron chi connectivity index (χ1n) is 10.2. The van der Waals surface area contributed by atoms with Gasteiger partial charge in [0.1, 0.15) is 5.69 Å². The van der Waals surface area contributed by atoms with Gasteiger partial charge in [0.05, 0.1) is 25.6 Å². The van der Waals surface area contributed by atoms with Crippen molar-refractivity contribution in [3.63, 3.8) is 0 Å². The van der Waals surface area contributed by atoms with Crippen molar-refractivity contribution < 1.29 is 27.4 Å². The second kappa shape index (κ2) is 9.30. The highest BCUT2D eigenvalue weighted by Gasteiger charge is 2.36. The summed E-state index contributed by atoms with van der Waals surface area (Å²) < 4.78 is 52.3. The van der Waals surface area contributed by atoms with Crippen LogP contribution in [-0.4, -0.2) is 29.9 Å². The molecule has 3 aromatic carbocycles. The van der Waals surface area contributed by atoms with Crippen molar-refractivity contribution in [1.29, 1.82) is 0 Å². The van der Waals surface area contributed by atoms with Crippen LogP contribution >= 0.6 is 0 Å². The number of ether oxygens (including phenoxy) is 2. The number of benzene rings is 3. The molecule has 0 spiro atoms. The van der Waals surface area contributed by atoms with E-state index in [0.29, 0.717) is 28.3 Å². The number of rotatable bonds is 6. The Morgan fingerprint density at radius 2 is 1.56 bits per heavy atom. The van der Waals surface area contributed by atoms with Crippen LogP contribution in [0.25, 0.3) is 16.9 Å². The number of alkyl halides is 3. The van der Waals surface area contributed by atoms with E-state index in [4.69, 9.17) is 9.47 Å². The van der Waals surface area contributed by atoms with Crippen LogP contribution in [-0.2, 0) is 6.18 Å². The molecule has 0 saturated heterocycles. The summed E-state index contributed by atoms with van der Waals surface area (Å²) in [4.78, 5) is 12.6. The Labute approximate surface area is 193 Å². The lowest BCUT2D eigenvalue weighted by Crippen LogP contribution is -2.14. The smallest absolute Gasteiger partial charge is 0.433 e. The minimum atomic E-state index is -4.60. The topological polar surface area (TPSA) is 65.4 Å². The van der Waals surface area contributed by atoms with Gasteiger partial charge in [-0.3, -0.25) is 4.79 Å². The van der Waals surface area contributed by atoms with Crippen LogP contribution in [0.1, 0.15) is 16.1 Å². The average Bonchev–Trinajstić information content (AvgIpc) is 3.31. The van der Waals surface area contributed by atoms with E-state index in [1.165, 1.54) is 44.6 Å². The molecule has 0 fully saturated rings. The van der Waals surface area contributed by atoms with Crippen LogP contribution in [0.5, 0.6) is 11.5 Å². The molecule has 1 aromatic heterocycles. The number of nitrogens with one attached hydrogen (secondary N) is 1. The van der Waals surface area contributed by atoms with Crippen molar-refractivity contribution >= 4 is 11.6 Å². The molecule has 0 radical (unpaired) electrons. The number of carbonyl (C=O) groups excluding carboxylic acids is 1. The van der Waals surface area contributed by atoms with Gasteiger partial charge in [0, 0.05) is 16.8 Å². The van der Waals surface area contributed by atoms with Crippen LogP contribution in [0.3, 0.4) is 0 Å². The lowest BCUT2D eigenvalue weighted by atomic mass is 10.1. The monoisotopic (exact) mass is 467 g/mol. The Balaban J connectivity index is 1.59. The standard InChI is InChI=1S/C25H20F3N3O3/c1-33-21-13-8-17(14-22(21)34-2)24(32)29-18-9-11-19(12-10-18)31-23(25(26,27)28)15-20(30-31)16-6-4-3-5-7-16/h3-15H,1-2H3,(H,29,32). The van der Waals surface area contributed by atoms with Crippen molar-refractivity contribution in [1.82, 2.24) is 9.78 Å². The van der Waals surface area contributed by atoms with Gasteiger partial charge < -0.3 is 14.8 Å². The van der Waals surface area contributed by atoms with Crippen LogP contribution in [0, 0.1) is 0 Å². The number of hydrogen-bond acceptors (Lipinski definition) is 4. The fourth-order valence-corrected chi connectivity index (χ4v) is 3.40. The summed E-state index contributed by atoms with van der Waals surface area (Å²) in [6, 6.07) is 20.3. The minimum absolute atomic E-state index is 0.207. The predicted molar refractivity (Wildman–Crippen MR) is 122 cm³/mol. The van der Waals surface area contributed by atoms with Gasteiger partial charge in [-0.2, -0.15) is 18.3 Å². The van der Waals surface area contributed by atoms with E-state index in [0.717, 1.165) is 10.7 Å². The highest BCUT2D eigenvalue weighted by Crippen LogP contribution is 2.34. The molecule has 174 valence electrons. The molecule has 0 aliphatic heterocycles. The second-order valence-corrected chi connectivity index (χ2v) is 7.26. The first-order chi connectivity index (χ1) is 16.3. The number of hydrogen-bond donors (Lipinski definition) is 1. The molecule has 0 aliphatic rings. The molecule has 34 heavy (non-hydrogen) atoms. The van der Waals surface area contributed by atoms with E-state index in [2.05, 4.69) is 10.4 Å². The van der Waals surface area contributed by atoms with Crippen molar-refractivity contribution in [3.8, 4) is 28.4 Å². The zero-order valence-electron chi connectivity index (χ0n) is 18.3. The summed E-state index contributed by atoms with van der Waals surface area (Å²) in [6.07, 6.45) is -4.60. The Morgan fingerprint density at radius 3 is 2.18 bits per heavy atom. The summed E-state index contributed by atoms with van der Waals surface area (Å²) in [7, 11) is 2.96. The fraction of sp³-hybridized carbons (Fsp3) is 0.120. The Morgan fingerprint density at radius 1 is 0.882 bits per heavy atom. The SMILES string of the molecule is COc1ccc(C(=O)Nc2ccc(-n3nc(-c4ccccc4)cc3C(F)(F)F)cc2)cc1OC. The van der Waals surface area contributed by atoms with Crippen LogP contribution in [0.2, 0.25) is 0 Å². The Hall–Kier alpha value is -4.27. The third-order valence-electron chi connectivity index (χ3n) is 5.08. The van der Waals surface area contributed by atoms with E-state index in [9.17, 15) is 18.0 Å². The fourth-order valence-electron chi connectivity index (χ4n) is 3.40. The molecule has 4 aromatic rings. The normalized spacial score (nSPS) is 11.2. The maximum Gasteiger partial charge on any atom is 0.433 e. The molecule has 0 saturated carbocycles. The number of anilines is 1. The first-order valence-corrected chi connectivity index (χ1v) is 10.2. The largest absolute Gasteiger partial charge is 0.493 e. The molecule has 4 rings (SSSR count). The summed E-state index contributed by atoms with van der Waals surface area (Å²) in [6.45, 7) is 0. The number of halogens is 3. The average molecular weight is 467 g/mol. The maximum atomic E-state index is 13.7. The molecular formula is C25H20F3N3O3. The second-order valence-electron chi connectivity index (χ2n) is 7.26. The van der Waals surface area contributed by atoms with Crippen molar-refractivity contribution in [2.75, 3.05) is 19.5 Å². The molecule has 0 unspecified atom stereocenters. The van der Waals surface area contributed by atoms with Gasteiger partial charge in [-0.25, -0.2) is 4.68 Å². The maximum absolute atomic E-state index is 13.7. The van der Waals surface area contributed by atoms with Crippen molar-refractivity contribution in [3.05, 3.63) is 90.1 Å². The predicted octanol–water partition coefficient (Wildman–Crippen LogP) is 5.83. The van der Waals surface area contributed by atoms with Gasteiger partial charge in [-0.05, 0) is 48.5 Å². The molecular weight excluding hydrogens is 447 g/mol. The van der Waals surface area contributed by atoms with Crippen LogP contribution in [0.4, 0.5) is 18.9 Å². The van der Waals surface area contributed by atoms with Gasteiger partial charge in [-0.1, -0.05) is 30.3 Å². The van der Waals surface area contributed by atoms with Crippen molar-refractivity contribution in [2.24, 2.45) is 0 Å². The summed E-state index contributed by atoms with van der Waals surface area (Å²) >= 11 is 0. The molecule has 0 aliphatic carbocycles. The quantitative estimate of drug-likeness (QED) is 0.388. The number of aromatic nitrogens is 2. The van der Waals surface area contributed by atoms with E-state index >= 15 is 0 Å². The molecule has 1 N–H and O–H groups in total. The third kappa shape index (κ3) is 4.73. The highest BCUT2D eigenvalue weighted by molar-refractivity contribution is 6.04. The van der Waals surface area contributed by atoms with E-state index in [-0.39, 0.29) is 11.4 Å². The van der Waals surface area contributed by atoms with E-state index in [1.54, 1.807) is 42.5 Å². The lowest BCUT2D eigenvalue weighted by molar-refractivity contribution is -0.142. The molecule has 0 atom stereocenters. The first kappa shape index (κ1) is 22.9. The van der Waals surface area contributed by atoms with Crippen LogP contribution in [0.15, 0.2) is 78.9 Å². The highest BCUT2D eigenvalue weighted by atomic mass is 19.4. The van der Waals surface area contributed by atoms with E-state index in [1.807, 2.05) is 0 Å². The summed E-state index contributed by atoms with van der Waals surface area (Å²) in [5, 5.41) is 6.89. The van der Waals surface area contributed by atoms with Gasteiger partial charge in [0.2, 0.25) is 0 Å². The lowest BCUT2D eigenvalue weighted by Gasteiger charge is -2.12. The number of amides is 1. The molecule has 6 nitrogen and oxygen atoms in total. The molecule has 9 heteroatoms. The molecule has 0 bridgehead atoms. The third-order valence-corrected chi connectivity index (χ3v) is 5.08. The number of methoxy groups -OCH3 is 2.